The number of nitrogens with zero attached hydrogens (tertiary/aromatic N) is 2. The van der Waals surface area contributed by atoms with Gasteiger partial charge < -0.3 is 15.4 Å². The molecule has 32 heavy (non-hydrogen) atoms. The van der Waals surface area contributed by atoms with Gasteiger partial charge in [0.2, 0.25) is 5.91 Å². The zero-order valence-corrected chi connectivity index (χ0v) is 19.0. The van der Waals surface area contributed by atoms with E-state index in [-0.39, 0.29) is 29.6 Å². The van der Waals surface area contributed by atoms with Crippen LogP contribution >= 0.6 is 0 Å². The van der Waals surface area contributed by atoms with Gasteiger partial charge in [-0.1, -0.05) is 26.7 Å². The number of carbonyl (C=O) groups is 1. The fourth-order valence-electron chi connectivity index (χ4n) is 4.21. The highest BCUT2D eigenvalue weighted by Crippen LogP contribution is 2.48. The Balaban J connectivity index is 1.46. The number of hydrogen-bond acceptors (Lipinski definition) is 4. The summed E-state index contributed by atoms with van der Waals surface area (Å²) in [5, 5.41) is 0. The first-order valence-electron chi connectivity index (χ1n) is 11.9. The third-order valence-corrected chi connectivity index (χ3v) is 7.13. The van der Waals surface area contributed by atoms with Crippen molar-refractivity contribution in [2.75, 3.05) is 18.1 Å². The van der Waals surface area contributed by atoms with Crippen molar-refractivity contribution >= 4 is 11.6 Å². The van der Waals surface area contributed by atoms with Crippen LogP contribution < -0.4 is 15.4 Å². The summed E-state index contributed by atoms with van der Waals surface area (Å²) in [6.45, 7) is 5.46. The molecule has 0 aliphatic heterocycles. The highest BCUT2D eigenvalue weighted by molar-refractivity contribution is 5.97. The number of nitrogens with two attached hydrogens (primary N) is 1. The first-order valence-corrected chi connectivity index (χ1v) is 11.9. The molecule has 0 spiro atoms. The first kappa shape index (κ1) is 22.7. The van der Waals surface area contributed by atoms with Crippen molar-refractivity contribution in [2.45, 2.75) is 57.9 Å². The maximum Gasteiger partial charge on any atom is 0.230 e. The van der Waals surface area contributed by atoms with Crippen molar-refractivity contribution in [2.24, 2.45) is 23.5 Å². The van der Waals surface area contributed by atoms with E-state index in [0.717, 1.165) is 36.6 Å². The predicted molar refractivity (Wildman–Crippen MR) is 124 cm³/mol. The summed E-state index contributed by atoms with van der Waals surface area (Å²) in [5.74, 6) is 1.40. The summed E-state index contributed by atoms with van der Waals surface area (Å²) >= 11 is 0. The molecular weight excluding hydrogens is 405 g/mol. The summed E-state index contributed by atoms with van der Waals surface area (Å²) in [4.78, 5) is 19.5. The Hall–Kier alpha value is -2.47. The second-order valence-corrected chi connectivity index (χ2v) is 9.45. The fraction of sp³-hybridized carbons (Fsp3) is 0.538. The van der Waals surface area contributed by atoms with E-state index in [9.17, 15) is 9.18 Å². The molecule has 2 aliphatic carbocycles. The number of halogens is 1. The Morgan fingerprint density at radius 2 is 2.00 bits per heavy atom. The van der Waals surface area contributed by atoms with Crippen molar-refractivity contribution in [1.82, 2.24) is 4.98 Å². The normalized spacial score (nSPS) is 22.0. The van der Waals surface area contributed by atoms with E-state index in [1.54, 1.807) is 6.07 Å². The number of pyridine rings is 1. The van der Waals surface area contributed by atoms with E-state index in [1.165, 1.54) is 31.5 Å². The zero-order chi connectivity index (χ0) is 22.7. The molecule has 2 fully saturated rings. The minimum absolute atomic E-state index is 0.0375. The van der Waals surface area contributed by atoms with E-state index >= 15 is 0 Å². The molecule has 2 aromatic rings. The van der Waals surface area contributed by atoms with Gasteiger partial charge in [0.25, 0.3) is 0 Å². The average molecular weight is 440 g/mol. The molecule has 172 valence electrons. The fourth-order valence-corrected chi connectivity index (χ4v) is 4.21. The molecule has 2 aliphatic rings. The Kier molecular flexibility index (Phi) is 7.09. The third-order valence-electron chi connectivity index (χ3n) is 7.13. The lowest BCUT2D eigenvalue weighted by molar-refractivity contribution is -0.120. The number of anilines is 1. The second kappa shape index (κ2) is 9.99. The average Bonchev–Trinajstić information content (AvgIpc) is 3.57. The summed E-state index contributed by atoms with van der Waals surface area (Å²) < 4.78 is 19.1. The predicted octanol–water partition coefficient (Wildman–Crippen LogP) is 4.91. The molecule has 1 heterocycles. The molecule has 4 rings (SSSR count). The van der Waals surface area contributed by atoms with Crippen LogP contribution in [-0.2, 0) is 4.79 Å². The van der Waals surface area contributed by atoms with Gasteiger partial charge in [-0.25, -0.2) is 4.39 Å². The molecular formula is C26H34FN3O2. The number of ether oxygens (including phenoxy) is 1. The van der Waals surface area contributed by atoms with Gasteiger partial charge >= 0.3 is 0 Å². The molecule has 2 saturated carbocycles. The van der Waals surface area contributed by atoms with Gasteiger partial charge in [-0.15, -0.1) is 0 Å². The number of amides is 1. The Morgan fingerprint density at radius 3 is 2.59 bits per heavy atom. The van der Waals surface area contributed by atoms with Gasteiger partial charge in [-0.2, -0.15) is 0 Å². The van der Waals surface area contributed by atoms with Crippen molar-refractivity contribution in [3.8, 4) is 5.75 Å². The van der Waals surface area contributed by atoms with Crippen LogP contribution in [0.15, 0.2) is 42.6 Å². The van der Waals surface area contributed by atoms with Gasteiger partial charge in [-0.3, -0.25) is 9.78 Å². The smallest absolute Gasteiger partial charge is 0.230 e. The highest BCUT2D eigenvalue weighted by Gasteiger charge is 2.47. The molecule has 0 radical (unpaired) electrons. The third kappa shape index (κ3) is 5.29. The maximum atomic E-state index is 13.5. The maximum absolute atomic E-state index is 13.5. The van der Waals surface area contributed by atoms with Crippen LogP contribution in [0, 0.1) is 23.6 Å². The molecule has 1 aromatic heterocycles. The first-order chi connectivity index (χ1) is 15.5. The number of hydrogen-bond donors (Lipinski definition) is 1. The van der Waals surface area contributed by atoms with Gasteiger partial charge in [0.1, 0.15) is 11.6 Å². The van der Waals surface area contributed by atoms with Crippen molar-refractivity contribution < 1.29 is 13.9 Å². The summed E-state index contributed by atoms with van der Waals surface area (Å²) in [5.41, 5.74) is 8.06. The minimum Gasteiger partial charge on any atom is -0.493 e. The van der Waals surface area contributed by atoms with Crippen molar-refractivity contribution in [1.29, 1.82) is 0 Å². The van der Waals surface area contributed by atoms with Crippen LogP contribution in [0.25, 0.3) is 0 Å². The van der Waals surface area contributed by atoms with Gasteiger partial charge in [0, 0.05) is 35.8 Å². The molecule has 0 saturated heterocycles. The quantitative estimate of drug-likeness (QED) is 0.571. The zero-order valence-electron chi connectivity index (χ0n) is 19.0. The topological polar surface area (TPSA) is 68.5 Å². The van der Waals surface area contributed by atoms with Gasteiger partial charge in [0.05, 0.1) is 12.8 Å². The van der Waals surface area contributed by atoms with Gasteiger partial charge in [-0.05, 0) is 67.5 Å². The van der Waals surface area contributed by atoms with Crippen molar-refractivity contribution in [3.05, 3.63) is 54.1 Å². The van der Waals surface area contributed by atoms with Crippen LogP contribution in [0.4, 0.5) is 10.1 Å². The summed E-state index contributed by atoms with van der Waals surface area (Å²) in [7, 11) is 0. The van der Waals surface area contributed by atoms with Crippen LogP contribution in [0.5, 0.6) is 5.75 Å². The van der Waals surface area contributed by atoms with E-state index in [1.807, 2.05) is 29.2 Å². The molecule has 0 bridgehead atoms. The Labute approximate surface area is 190 Å². The summed E-state index contributed by atoms with van der Waals surface area (Å²) in [6, 6.07) is 10.7. The van der Waals surface area contributed by atoms with E-state index < -0.39 is 0 Å². The molecule has 4 unspecified atom stereocenters. The van der Waals surface area contributed by atoms with E-state index in [0.29, 0.717) is 18.4 Å². The molecule has 5 nitrogen and oxygen atoms in total. The lowest BCUT2D eigenvalue weighted by Crippen LogP contribution is -2.45. The molecule has 2 N–H and O–H groups in total. The monoisotopic (exact) mass is 439 g/mol. The molecule has 6 heteroatoms. The SMILES string of the molecule is CCC(C)C(N)CN(C(=O)C1CC1c1ccc(F)cn1)c1ccc(OCC2CCC2)cc1. The van der Waals surface area contributed by atoms with E-state index in [4.69, 9.17) is 10.5 Å². The largest absolute Gasteiger partial charge is 0.493 e. The van der Waals surface area contributed by atoms with Crippen LogP contribution in [0.3, 0.4) is 0 Å². The summed E-state index contributed by atoms with van der Waals surface area (Å²) in [6.07, 6.45) is 6.71. The highest BCUT2D eigenvalue weighted by atomic mass is 19.1. The minimum atomic E-state index is -0.363. The van der Waals surface area contributed by atoms with Crippen LogP contribution in [-0.4, -0.2) is 30.1 Å². The lowest BCUT2D eigenvalue weighted by atomic mass is 9.86. The lowest BCUT2D eigenvalue weighted by Gasteiger charge is -2.29. The Bertz CT molecular complexity index is 898. The Morgan fingerprint density at radius 1 is 1.25 bits per heavy atom. The van der Waals surface area contributed by atoms with Crippen LogP contribution in [0.2, 0.25) is 0 Å². The van der Waals surface area contributed by atoms with Gasteiger partial charge in [0.15, 0.2) is 0 Å². The molecule has 4 atom stereocenters. The number of aromatic nitrogens is 1. The number of benzene rings is 1. The van der Waals surface area contributed by atoms with E-state index in [2.05, 4.69) is 18.8 Å². The van der Waals surface area contributed by atoms with Crippen molar-refractivity contribution in [3.63, 3.8) is 0 Å². The molecule has 1 amide bonds. The second-order valence-electron chi connectivity index (χ2n) is 9.45. The standard InChI is InChI=1S/C26H34FN3O2/c1-3-17(2)24(28)15-30(20-8-10-21(11-9-20)32-16-18-5-4-6-18)26(31)23-13-22(23)25-12-7-19(27)14-29-25/h7-12,14,17-18,22-24H,3-6,13,15-16,28H2,1-2H3. The number of carbonyl (C=O) groups excluding carboxylic acids is 1. The molecule has 1 aromatic carbocycles. The van der Waals surface area contributed by atoms with Crippen LogP contribution in [0.1, 0.15) is 57.6 Å². The number of rotatable bonds is 10.